The Hall–Kier alpha value is -2.23. The van der Waals surface area contributed by atoms with Crippen molar-refractivity contribution >= 4 is 17.1 Å². The van der Waals surface area contributed by atoms with Gasteiger partial charge in [0.15, 0.2) is 0 Å². The zero-order valence-corrected chi connectivity index (χ0v) is 18.3. The van der Waals surface area contributed by atoms with E-state index in [1.807, 2.05) is 0 Å². The first-order valence-electron chi connectivity index (χ1n) is 10.1. The van der Waals surface area contributed by atoms with Gasteiger partial charge in [0.1, 0.15) is 31.1 Å². The van der Waals surface area contributed by atoms with Gasteiger partial charge in [-0.05, 0) is 18.2 Å². The van der Waals surface area contributed by atoms with Crippen LogP contribution in [-0.4, -0.2) is 46.0 Å². The Morgan fingerprint density at radius 1 is 1.38 bits per heavy atom. The minimum absolute atomic E-state index is 0.0305. The minimum atomic E-state index is -4.95. The molecular weight excluding hydrogens is 453 g/mol. The molecule has 1 aromatic heterocycles. The molecule has 3 atom stereocenters. The van der Waals surface area contributed by atoms with E-state index in [1.54, 1.807) is 4.98 Å². The highest BCUT2D eigenvalue weighted by Gasteiger charge is 2.40. The maximum Gasteiger partial charge on any atom is 0.423 e. The third kappa shape index (κ3) is 7.43. The van der Waals surface area contributed by atoms with Crippen molar-refractivity contribution in [1.82, 2.24) is 9.55 Å². The molecule has 0 saturated carbocycles. The number of nitrogens with zero attached hydrogens (tertiary/aromatic N) is 1. The van der Waals surface area contributed by atoms with Crippen molar-refractivity contribution in [2.45, 2.75) is 63.6 Å². The maximum atomic E-state index is 13.1. The summed E-state index contributed by atoms with van der Waals surface area (Å²) >= 11 is 1.03. The average molecular weight is 478 g/mol. The number of rotatable bonds is 10. The fourth-order valence-electron chi connectivity index (χ4n) is 3.13. The van der Waals surface area contributed by atoms with E-state index < -0.39 is 46.7 Å². The summed E-state index contributed by atoms with van der Waals surface area (Å²) in [5, 5.41) is -0.509. The number of carbonyl (C=O) groups is 1. The number of carbonyl (C=O) groups excluding carboxylic acids is 1. The first kappa shape index (κ1) is 26.0. The summed E-state index contributed by atoms with van der Waals surface area (Å²) < 4.78 is 56.1. The zero-order valence-electron chi connectivity index (χ0n) is 17.5. The van der Waals surface area contributed by atoms with E-state index >= 15 is 0 Å². The number of H-pyrrole nitrogens is 1. The van der Waals surface area contributed by atoms with Gasteiger partial charge in [-0.1, -0.05) is 32.1 Å². The van der Waals surface area contributed by atoms with Gasteiger partial charge in [-0.2, -0.15) is 13.2 Å². The smallest absolute Gasteiger partial charge is 0.423 e. The molecular formula is C20H25F3N2O6S. The Kier molecular flexibility index (Phi) is 9.86. The van der Waals surface area contributed by atoms with Gasteiger partial charge in [-0.15, -0.1) is 6.42 Å². The summed E-state index contributed by atoms with van der Waals surface area (Å²) in [6.45, 7) is 1.75. The van der Waals surface area contributed by atoms with Crippen molar-refractivity contribution in [2.75, 3.05) is 19.0 Å². The van der Waals surface area contributed by atoms with E-state index in [2.05, 4.69) is 12.8 Å². The molecule has 12 heteroatoms. The van der Waals surface area contributed by atoms with Crippen molar-refractivity contribution in [1.29, 1.82) is 0 Å². The Morgan fingerprint density at radius 2 is 2.12 bits per heavy atom. The predicted molar refractivity (Wildman–Crippen MR) is 111 cm³/mol. The number of thioether (sulfide) groups is 1. The fraction of sp³-hybridized carbons (Fsp3) is 0.650. The van der Waals surface area contributed by atoms with E-state index in [9.17, 15) is 27.6 Å². The molecule has 32 heavy (non-hydrogen) atoms. The standard InChI is InChI=1S/C20H25F3N2O6S/c1-3-5-6-7-9-32-19(28)30-12-15-14(29-8-4-2)10-16(31-15)25-11-13(20(21,22)23)17(26)24-18(25)27/h2,11,14-16H,3,5-10,12H2,1H3,(H,24,26,27)/t14-,15+,16+/m0/s1. The number of unbranched alkanes of at least 4 members (excludes halogenated alkanes) is 3. The Morgan fingerprint density at radius 3 is 2.78 bits per heavy atom. The van der Waals surface area contributed by atoms with Crippen LogP contribution in [0.4, 0.5) is 18.0 Å². The lowest BCUT2D eigenvalue weighted by Gasteiger charge is -2.18. The van der Waals surface area contributed by atoms with Crippen LogP contribution in [0.2, 0.25) is 0 Å². The number of aromatic amines is 1. The van der Waals surface area contributed by atoms with Gasteiger partial charge in [-0.3, -0.25) is 14.3 Å². The third-order valence-corrected chi connectivity index (χ3v) is 5.57. The molecule has 1 N–H and O–H groups in total. The van der Waals surface area contributed by atoms with Crippen molar-refractivity contribution in [3.05, 3.63) is 32.6 Å². The van der Waals surface area contributed by atoms with E-state index in [0.29, 0.717) is 16.5 Å². The summed E-state index contributed by atoms with van der Waals surface area (Å²) in [5.74, 6) is 2.88. The summed E-state index contributed by atoms with van der Waals surface area (Å²) in [7, 11) is 0. The molecule has 0 aliphatic carbocycles. The second kappa shape index (κ2) is 12.1. The highest BCUT2D eigenvalue weighted by atomic mass is 32.2. The molecule has 1 aromatic rings. The van der Waals surface area contributed by atoms with Gasteiger partial charge in [0.25, 0.3) is 5.56 Å². The van der Waals surface area contributed by atoms with Gasteiger partial charge in [0.05, 0.1) is 6.10 Å². The molecule has 0 amide bonds. The van der Waals surface area contributed by atoms with Gasteiger partial charge in [0, 0.05) is 18.4 Å². The van der Waals surface area contributed by atoms with Crippen LogP contribution in [0.5, 0.6) is 0 Å². The lowest BCUT2D eigenvalue weighted by atomic mass is 10.2. The molecule has 1 aliphatic heterocycles. The largest absolute Gasteiger partial charge is 0.455 e. The van der Waals surface area contributed by atoms with Crippen LogP contribution in [0, 0.1) is 12.3 Å². The number of terminal acetylenes is 1. The highest BCUT2D eigenvalue weighted by Crippen LogP contribution is 2.32. The molecule has 0 aromatic carbocycles. The molecule has 0 spiro atoms. The SMILES string of the molecule is C#CCO[C@H]1C[C@H](n2cc(C(F)(F)F)c(=O)[nH]c2=O)O[C@@H]1COC(=O)SCCCCCC. The lowest BCUT2D eigenvalue weighted by molar-refractivity contribution is -0.139. The maximum absolute atomic E-state index is 13.1. The van der Waals surface area contributed by atoms with Crippen molar-refractivity contribution in [3.8, 4) is 12.3 Å². The molecule has 0 unspecified atom stereocenters. The van der Waals surface area contributed by atoms with Crippen LogP contribution in [0.1, 0.15) is 50.8 Å². The second-order valence-electron chi connectivity index (χ2n) is 7.10. The van der Waals surface area contributed by atoms with Crippen LogP contribution in [0.25, 0.3) is 0 Å². The zero-order chi connectivity index (χ0) is 23.7. The van der Waals surface area contributed by atoms with Gasteiger partial charge >= 0.3 is 17.2 Å². The van der Waals surface area contributed by atoms with Crippen molar-refractivity contribution in [2.24, 2.45) is 0 Å². The summed E-state index contributed by atoms with van der Waals surface area (Å²) in [6, 6.07) is 0. The molecule has 0 radical (unpaired) electrons. The minimum Gasteiger partial charge on any atom is -0.455 e. The Labute approximate surface area is 186 Å². The van der Waals surface area contributed by atoms with Crippen LogP contribution in [0.15, 0.2) is 15.8 Å². The van der Waals surface area contributed by atoms with Crippen LogP contribution < -0.4 is 11.2 Å². The summed E-state index contributed by atoms with van der Waals surface area (Å²) in [4.78, 5) is 37.2. The number of ether oxygens (including phenoxy) is 3. The van der Waals surface area contributed by atoms with Crippen molar-refractivity contribution < 1.29 is 32.2 Å². The third-order valence-electron chi connectivity index (χ3n) is 4.73. The second-order valence-corrected chi connectivity index (χ2v) is 8.13. The fourth-order valence-corrected chi connectivity index (χ4v) is 3.80. The number of aromatic nitrogens is 2. The van der Waals surface area contributed by atoms with Crippen LogP contribution in [0.3, 0.4) is 0 Å². The van der Waals surface area contributed by atoms with Crippen LogP contribution >= 0.6 is 11.8 Å². The van der Waals surface area contributed by atoms with E-state index in [1.165, 1.54) is 0 Å². The van der Waals surface area contributed by atoms with Gasteiger partial charge in [-0.25, -0.2) is 9.59 Å². The quantitative estimate of drug-likeness (QED) is 0.313. The van der Waals surface area contributed by atoms with E-state index in [4.69, 9.17) is 20.6 Å². The van der Waals surface area contributed by atoms with E-state index in [0.717, 1.165) is 37.4 Å². The molecule has 1 fully saturated rings. The first-order chi connectivity index (χ1) is 15.2. The average Bonchev–Trinajstić information content (AvgIpc) is 3.12. The molecule has 8 nitrogen and oxygen atoms in total. The highest BCUT2D eigenvalue weighted by molar-refractivity contribution is 8.13. The van der Waals surface area contributed by atoms with Gasteiger partial charge in [0.2, 0.25) is 0 Å². The normalized spacial score (nSPS) is 20.8. The molecule has 178 valence electrons. The summed E-state index contributed by atoms with van der Waals surface area (Å²) in [6.07, 6.45) is 1.91. The molecule has 2 rings (SSSR count). The molecule has 0 bridgehead atoms. The number of hydrogen-bond acceptors (Lipinski definition) is 7. The van der Waals surface area contributed by atoms with Crippen LogP contribution in [-0.2, 0) is 20.4 Å². The number of nitrogens with one attached hydrogen (secondary N) is 1. The van der Waals surface area contributed by atoms with Gasteiger partial charge < -0.3 is 14.2 Å². The lowest BCUT2D eigenvalue weighted by Crippen LogP contribution is -2.36. The Bertz CT molecular complexity index is 924. The Balaban J connectivity index is 2.06. The topological polar surface area (TPSA) is 99.6 Å². The number of halogens is 3. The van der Waals surface area contributed by atoms with E-state index in [-0.39, 0.29) is 19.6 Å². The molecule has 1 saturated heterocycles. The monoisotopic (exact) mass is 478 g/mol. The number of alkyl halides is 3. The summed E-state index contributed by atoms with van der Waals surface area (Å²) in [5.41, 5.74) is -4.14. The molecule has 2 heterocycles. The number of hydrogen-bond donors (Lipinski definition) is 1. The van der Waals surface area contributed by atoms with Crippen molar-refractivity contribution in [3.63, 3.8) is 0 Å². The predicted octanol–water partition coefficient (Wildman–Crippen LogP) is 3.31. The molecule has 1 aliphatic rings. The first-order valence-corrected chi connectivity index (χ1v) is 11.1.